The normalized spacial score (nSPS) is 18.3. The summed E-state index contributed by atoms with van der Waals surface area (Å²) in [5.74, 6) is 1.39. The van der Waals surface area contributed by atoms with Gasteiger partial charge >= 0.3 is 0 Å². The van der Waals surface area contributed by atoms with E-state index in [1.165, 1.54) is 11.8 Å². The minimum Gasteiger partial charge on any atom is -0.375 e. The molecule has 0 saturated carbocycles. The number of nitrogens with one attached hydrogen (secondary N) is 1. The highest BCUT2D eigenvalue weighted by atomic mass is 32.2. The van der Waals surface area contributed by atoms with Crippen LogP contribution in [-0.2, 0) is 14.3 Å². The van der Waals surface area contributed by atoms with Crippen molar-refractivity contribution >= 4 is 29.4 Å². The summed E-state index contributed by atoms with van der Waals surface area (Å²) in [4.78, 5) is 25.6. The summed E-state index contributed by atoms with van der Waals surface area (Å²) in [5, 5.41) is 6.31. The molecule has 1 fully saturated rings. The second-order valence-corrected chi connectivity index (χ2v) is 6.09. The van der Waals surface area contributed by atoms with E-state index in [9.17, 15) is 9.59 Å². The van der Waals surface area contributed by atoms with Crippen LogP contribution >= 0.6 is 11.8 Å². The van der Waals surface area contributed by atoms with Crippen molar-refractivity contribution in [1.82, 2.24) is 10.1 Å². The molecule has 0 radical (unpaired) electrons. The topological polar surface area (TPSA) is 84.7 Å². The summed E-state index contributed by atoms with van der Waals surface area (Å²) >= 11 is 1.30. The van der Waals surface area contributed by atoms with Gasteiger partial charge in [0.05, 0.1) is 24.2 Å². The van der Waals surface area contributed by atoms with Crippen molar-refractivity contribution in [2.45, 2.75) is 26.4 Å². The zero-order valence-corrected chi connectivity index (χ0v) is 13.6. The van der Waals surface area contributed by atoms with Crippen LogP contribution in [0.15, 0.2) is 10.6 Å². The predicted octanol–water partition coefficient (Wildman–Crippen LogP) is 1.29. The van der Waals surface area contributed by atoms with Crippen molar-refractivity contribution in [3.8, 4) is 0 Å². The maximum atomic E-state index is 12.1. The van der Waals surface area contributed by atoms with Crippen LogP contribution in [0.3, 0.4) is 0 Å². The second kappa shape index (κ2) is 8.19. The summed E-state index contributed by atoms with van der Waals surface area (Å²) in [6.45, 7) is 5.65. The van der Waals surface area contributed by atoms with E-state index in [2.05, 4.69) is 10.5 Å². The minimum atomic E-state index is -0.195. The second-order valence-electron chi connectivity index (χ2n) is 5.10. The Kier molecular flexibility index (Phi) is 6.26. The SMILES string of the molecule is CC[C@@H]1CN(C(=O)CSCC(=O)Nc2cc(C)on2)CCO1. The van der Waals surface area contributed by atoms with Gasteiger partial charge in [0, 0.05) is 19.2 Å². The number of morpholine rings is 1. The number of aryl methyl sites for hydroxylation is 1. The van der Waals surface area contributed by atoms with Crippen LogP contribution in [0.25, 0.3) is 0 Å². The van der Waals surface area contributed by atoms with Crippen molar-refractivity contribution in [3.05, 3.63) is 11.8 Å². The fourth-order valence-corrected chi connectivity index (χ4v) is 2.84. The number of rotatable bonds is 6. The van der Waals surface area contributed by atoms with Gasteiger partial charge in [-0.25, -0.2) is 0 Å². The van der Waals surface area contributed by atoms with Crippen LogP contribution in [0.5, 0.6) is 0 Å². The van der Waals surface area contributed by atoms with Gasteiger partial charge in [0.2, 0.25) is 11.8 Å². The maximum Gasteiger partial charge on any atom is 0.235 e. The first kappa shape index (κ1) is 16.8. The molecule has 1 aliphatic heterocycles. The first-order valence-corrected chi connectivity index (χ1v) is 8.44. The summed E-state index contributed by atoms with van der Waals surface area (Å²) in [6.07, 6.45) is 1.03. The first-order chi connectivity index (χ1) is 10.6. The van der Waals surface area contributed by atoms with Gasteiger partial charge in [-0.2, -0.15) is 0 Å². The zero-order chi connectivity index (χ0) is 15.9. The molecule has 0 unspecified atom stereocenters. The van der Waals surface area contributed by atoms with E-state index in [0.29, 0.717) is 37.0 Å². The first-order valence-electron chi connectivity index (χ1n) is 7.28. The molecular formula is C14H21N3O4S. The number of ether oxygens (including phenoxy) is 1. The summed E-state index contributed by atoms with van der Waals surface area (Å²) < 4.78 is 10.4. The number of carbonyl (C=O) groups excluding carboxylic acids is 2. The quantitative estimate of drug-likeness (QED) is 0.847. The van der Waals surface area contributed by atoms with Gasteiger partial charge in [0.15, 0.2) is 5.82 Å². The lowest BCUT2D eigenvalue weighted by atomic mass is 10.2. The van der Waals surface area contributed by atoms with Gasteiger partial charge in [-0.3, -0.25) is 9.59 Å². The summed E-state index contributed by atoms with van der Waals surface area (Å²) in [5.41, 5.74) is 0. The molecule has 22 heavy (non-hydrogen) atoms. The maximum absolute atomic E-state index is 12.1. The zero-order valence-electron chi connectivity index (χ0n) is 12.8. The molecule has 1 saturated heterocycles. The fourth-order valence-electron chi connectivity index (χ4n) is 2.12. The lowest BCUT2D eigenvalue weighted by Gasteiger charge is -2.32. The summed E-state index contributed by atoms with van der Waals surface area (Å²) in [7, 11) is 0. The largest absolute Gasteiger partial charge is 0.375 e. The Morgan fingerprint density at radius 3 is 3.00 bits per heavy atom. The Morgan fingerprint density at radius 1 is 1.50 bits per heavy atom. The number of anilines is 1. The smallest absolute Gasteiger partial charge is 0.235 e. The van der Waals surface area contributed by atoms with E-state index in [1.54, 1.807) is 13.0 Å². The van der Waals surface area contributed by atoms with E-state index in [0.717, 1.165) is 6.42 Å². The van der Waals surface area contributed by atoms with Crippen LogP contribution in [-0.4, -0.2) is 59.2 Å². The molecule has 122 valence electrons. The Bertz CT molecular complexity index is 520. The Balaban J connectivity index is 1.67. The Morgan fingerprint density at radius 2 is 2.32 bits per heavy atom. The van der Waals surface area contributed by atoms with Crippen molar-refractivity contribution in [2.24, 2.45) is 0 Å². The standard InChI is InChI=1S/C14H21N3O4S/c1-3-11-7-17(4-5-20-11)14(19)9-22-8-13(18)15-12-6-10(2)21-16-12/h6,11H,3-5,7-9H2,1-2H3,(H,15,16,18)/t11-/m1/s1. The summed E-state index contributed by atoms with van der Waals surface area (Å²) in [6, 6.07) is 1.65. The van der Waals surface area contributed by atoms with Crippen molar-refractivity contribution < 1.29 is 18.8 Å². The molecule has 2 heterocycles. The van der Waals surface area contributed by atoms with Gasteiger partial charge in [0.1, 0.15) is 5.76 Å². The predicted molar refractivity (Wildman–Crippen MR) is 83.8 cm³/mol. The molecule has 2 rings (SSSR count). The molecule has 1 N–H and O–H groups in total. The third kappa shape index (κ3) is 5.03. The molecule has 0 aromatic carbocycles. The van der Waals surface area contributed by atoms with E-state index >= 15 is 0 Å². The molecule has 2 amide bonds. The lowest BCUT2D eigenvalue weighted by molar-refractivity contribution is -0.135. The van der Waals surface area contributed by atoms with E-state index in [4.69, 9.17) is 9.26 Å². The molecule has 0 bridgehead atoms. The van der Waals surface area contributed by atoms with Gasteiger partial charge in [-0.1, -0.05) is 12.1 Å². The average molecular weight is 327 g/mol. The van der Waals surface area contributed by atoms with Crippen molar-refractivity contribution in [1.29, 1.82) is 0 Å². The van der Waals surface area contributed by atoms with Crippen LogP contribution < -0.4 is 5.32 Å². The molecule has 1 aromatic rings. The van der Waals surface area contributed by atoms with Gasteiger partial charge in [-0.15, -0.1) is 11.8 Å². The molecule has 8 heteroatoms. The molecule has 0 aliphatic carbocycles. The Hall–Kier alpha value is -1.54. The molecule has 7 nitrogen and oxygen atoms in total. The monoisotopic (exact) mass is 327 g/mol. The van der Waals surface area contributed by atoms with Gasteiger partial charge in [-0.05, 0) is 13.3 Å². The molecule has 0 spiro atoms. The number of amides is 2. The molecule has 1 aliphatic rings. The number of hydrogen-bond acceptors (Lipinski definition) is 6. The van der Waals surface area contributed by atoms with Gasteiger partial charge in [0.25, 0.3) is 0 Å². The number of nitrogens with zero attached hydrogens (tertiary/aromatic N) is 2. The van der Waals surface area contributed by atoms with E-state index in [1.807, 2.05) is 11.8 Å². The van der Waals surface area contributed by atoms with Gasteiger partial charge < -0.3 is 19.5 Å². The van der Waals surface area contributed by atoms with Crippen molar-refractivity contribution in [3.63, 3.8) is 0 Å². The molecular weight excluding hydrogens is 306 g/mol. The molecule has 1 aromatic heterocycles. The Labute approximate surface area is 133 Å². The van der Waals surface area contributed by atoms with Crippen LogP contribution in [0.4, 0.5) is 5.82 Å². The molecule has 1 atom stereocenters. The number of aromatic nitrogens is 1. The highest BCUT2D eigenvalue weighted by molar-refractivity contribution is 8.00. The van der Waals surface area contributed by atoms with E-state index < -0.39 is 0 Å². The van der Waals surface area contributed by atoms with Crippen LogP contribution in [0, 0.1) is 6.92 Å². The lowest BCUT2D eigenvalue weighted by Crippen LogP contribution is -2.46. The van der Waals surface area contributed by atoms with Crippen molar-refractivity contribution in [2.75, 3.05) is 36.5 Å². The number of thioether (sulfide) groups is 1. The average Bonchev–Trinajstić information content (AvgIpc) is 2.92. The fraction of sp³-hybridized carbons (Fsp3) is 0.643. The highest BCUT2D eigenvalue weighted by Gasteiger charge is 2.22. The minimum absolute atomic E-state index is 0.0526. The number of hydrogen-bond donors (Lipinski definition) is 1. The third-order valence-electron chi connectivity index (χ3n) is 3.30. The van der Waals surface area contributed by atoms with E-state index in [-0.39, 0.29) is 23.7 Å². The third-order valence-corrected chi connectivity index (χ3v) is 4.22. The van der Waals surface area contributed by atoms with Crippen LogP contribution in [0.1, 0.15) is 19.1 Å². The highest BCUT2D eigenvalue weighted by Crippen LogP contribution is 2.12. The van der Waals surface area contributed by atoms with Crippen LogP contribution in [0.2, 0.25) is 0 Å². The number of carbonyl (C=O) groups is 2.